The SMILES string of the molecule is C=CCN(CCOC)C(=O)CC1CCNC1. The largest absolute Gasteiger partial charge is 0.383 e. The monoisotopic (exact) mass is 226 g/mol. The highest BCUT2D eigenvalue weighted by Crippen LogP contribution is 2.13. The Balaban J connectivity index is 2.35. The Bertz CT molecular complexity index is 225. The van der Waals surface area contributed by atoms with Gasteiger partial charge in [-0.1, -0.05) is 6.08 Å². The Morgan fingerprint density at radius 3 is 3.06 bits per heavy atom. The minimum atomic E-state index is 0.214. The molecule has 4 heteroatoms. The summed E-state index contributed by atoms with van der Waals surface area (Å²) in [7, 11) is 1.65. The molecule has 1 atom stereocenters. The second-order valence-corrected chi connectivity index (χ2v) is 4.18. The van der Waals surface area contributed by atoms with Gasteiger partial charge in [-0.15, -0.1) is 6.58 Å². The van der Waals surface area contributed by atoms with Crippen LogP contribution in [0.15, 0.2) is 12.7 Å². The van der Waals surface area contributed by atoms with E-state index in [1.54, 1.807) is 13.2 Å². The maximum atomic E-state index is 12.0. The molecule has 92 valence electrons. The van der Waals surface area contributed by atoms with Gasteiger partial charge in [0, 0.05) is 26.6 Å². The highest BCUT2D eigenvalue weighted by atomic mass is 16.5. The predicted octanol–water partition coefficient (Wildman–Crippen LogP) is 0.647. The Morgan fingerprint density at radius 1 is 1.69 bits per heavy atom. The molecule has 1 heterocycles. The first-order valence-electron chi connectivity index (χ1n) is 5.86. The van der Waals surface area contributed by atoms with Crippen LogP contribution in [0.3, 0.4) is 0 Å². The minimum absolute atomic E-state index is 0.214. The lowest BCUT2D eigenvalue weighted by atomic mass is 10.0. The van der Waals surface area contributed by atoms with Crippen LogP contribution in [-0.4, -0.2) is 50.7 Å². The Morgan fingerprint density at radius 2 is 2.50 bits per heavy atom. The van der Waals surface area contributed by atoms with Crippen LogP contribution < -0.4 is 5.32 Å². The Labute approximate surface area is 97.6 Å². The lowest BCUT2D eigenvalue weighted by Gasteiger charge is -2.22. The third-order valence-electron chi connectivity index (χ3n) is 2.89. The van der Waals surface area contributed by atoms with Crippen molar-refractivity contribution in [3.8, 4) is 0 Å². The molecule has 1 aliphatic rings. The van der Waals surface area contributed by atoms with Crippen molar-refractivity contribution in [3.63, 3.8) is 0 Å². The number of carbonyl (C=O) groups is 1. The van der Waals surface area contributed by atoms with Gasteiger partial charge in [-0.05, 0) is 25.4 Å². The van der Waals surface area contributed by atoms with E-state index in [4.69, 9.17) is 4.74 Å². The van der Waals surface area contributed by atoms with E-state index < -0.39 is 0 Å². The first kappa shape index (κ1) is 13.2. The standard InChI is InChI=1S/C12H22N2O2/c1-3-6-14(7-8-16-2)12(15)9-11-4-5-13-10-11/h3,11,13H,1,4-10H2,2H3. The molecular weight excluding hydrogens is 204 g/mol. The van der Waals surface area contributed by atoms with Gasteiger partial charge in [-0.2, -0.15) is 0 Å². The van der Waals surface area contributed by atoms with E-state index in [2.05, 4.69) is 11.9 Å². The molecule has 0 aromatic heterocycles. The van der Waals surface area contributed by atoms with E-state index >= 15 is 0 Å². The van der Waals surface area contributed by atoms with Crippen molar-refractivity contribution in [3.05, 3.63) is 12.7 Å². The summed E-state index contributed by atoms with van der Waals surface area (Å²) in [4.78, 5) is 13.8. The molecule has 1 N–H and O–H groups in total. The second kappa shape index (κ2) is 7.41. The summed E-state index contributed by atoms with van der Waals surface area (Å²) in [5.74, 6) is 0.716. The topological polar surface area (TPSA) is 41.6 Å². The number of ether oxygens (including phenoxy) is 1. The van der Waals surface area contributed by atoms with Gasteiger partial charge in [0.05, 0.1) is 6.61 Å². The van der Waals surface area contributed by atoms with Gasteiger partial charge in [0.1, 0.15) is 0 Å². The molecule has 4 nitrogen and oxygen atoms in total. The average molecular weight is 226 g/mol. The zero-order valence-electron chi connectivity index (χ0n) is 10.1. The smallest absolute Gasteiger partial charge is 0.223 e. The summed E-state index contributed by atoms with van der Waals surface area (Å²) >= 11 is 0. The van der Waals surface area contributed by atoms with Gasteiger partial charge in [0.15, 0.2) is 0 Å². The Hall–Kier alpha value is -0.870. The van der Waals surface area contributed by atoms with E-state index in [1.807, 2.05) is 4.90 Å². The number of hydrogen-bond donors (Lipinski definition) is 1. The first-order chi connectivity index (χ1) is 7.77. The van der Waals surface area contributed by atoms with Gasteiger partial charge >= 0.3 is 0 Å². The van der Waals surface area contributed by atoms with Gasteiger partial charge < -0.3 is 15.0 Å². The number of carbonyl (C=O) groups excluding carboxylic acids is 1. The van der Waals surface area contributed by atoms with E-state index in [9.17, 15) is 4.79 Å². The van der Waals surface area contributed by atoms with Crippen molar-refractivity contribution >= 4 is 5.91 Å². The van der Waals surface area contributed by atoms with E-state index in [0.717, 1.165) is 19.5 Å². The maximum absolute atomic E-state index is 12.0. The molecule has 1 aliphatic heterocycles. The van der Waals surface area contributed by atoms with Crippen molar-refractivity contribution in [1.82, 2.24) is 10.2 Å². The quantitative estimate of drug-likeness (QED) is 0.648. The molecule has 0 aromatic carbocycles. The van der Waals surface area contributed by atoms with Crippen molar-refractivity contribution in [2.75, 3.05) is 39.9 Å². The average Bonchev–Trinajstić information content (AvgIpc) is 2.76. The van der Waals surface area contributed by atoms with Crippen LogP contribution >= 0.6 is 0 Å². The van der Waals surface area contributed by atoms with Crippen LogP contribution in [0.25, 0.3) is 0 Å². The predicted molar refractivity (Wildman–Crippen MR) is 64.2 cm³/mol. The molecule has 1 fully saturated rings. The van der Waals surface area contributed by atoms with Crippen LogP contribution in [0.2, 0.25) is 0 Å². The van der Waals surface area contributed by atoms with Gasteiger partial charge in [-0.3, -0.25) is 4.79 Å². The van der Waals surface area contributed by atoms with Crippen molar-refractivity contribution in [2.24, 2.45) is 5.92 Å². The molecule has 0 bridgehead atoms. The number of nitrogens with one attached hydrogen (secondary N) is 1. The van der Waals surface area contributed by atoms with Crippen molar-refractivity contribution < 1.29 is 9.53 Å². The lowest BCUT2D eigenvalue weighted by Crippen LogP contribution is -2.35. The highest BCUT2D eigenvalue weighted by molar-refractivity contribution is 5.76. The summed E-state index contributed by atoms with van der Waals surface area (Å²) in [6.07, 6.45) is 3.52. The van der Waals surface area contributed by atoms with Crippen molar-refractivity contribution in [1.29, 1.82) is 0 Å². The molecule has 1 amide bonds. The molecule has 1 saturated heterocycles. The summed E-state index contributed by atoms with van der Waals surface area (Å²) in [5, 5.41) is 3.28. The molecule has 16 heavy (non-hydrogen) atoms. The van der Waals surface area contributed by atoms with Crippen LogP contribution in [-0.2, 0) is 9.53 Å². The molecule has 0 saturated carbocycles. The van der Waals surface area contributed by atoms with Gasteiger partial charge in [0.25, 0.3) is 0 Å². The number of hydrogen-bond acceptors (Lipinski definition) is 3. The third kappa shape index (κ3) is 4.33. The van der Waals surface area contributed by atoms with Crippen LogP contribution in [0.5, 0.6) is 0 Å². The van der Waals surface area contributed by atoms with Crippen molar-refractivity contribution in [2.45, 2.75) is 12.8 Å². The van der Waals surface area contributed by atoms with Gasteiger partial charge in [0.2, 0.25) is 5.91 Å². The molecular formula is C12H22N2O2. The number of methoxy groups -OCH3 is 1. The van der Waals surface area contributed by atoms with E-state index in [-0.39, 0.29) is 5.91 Å². The fraction of sp³-hybridized carbons (Fsp3) is 0.750. The Kier molecular flexibility index (Phi) is 6.11. The van der Waals surface area contributed by atoms with Crippen LogP contribution in [0.1, 0.15) is 12.8 Å². The molecule has 0 aromatic rings. The zero-order chi connectivity index (χ0) is 11.8. The van der Waals surface area contributed by atoms with Gasteiger partial charge in [-0.25, -0.2) is 0 Å². The molecule has 0 aliphatic carbocycles. The maximum Gasteiger partial charge on any atom is 0.223 e. The second-order valence-electron chi connectivity index (χ2n) is 4.18. The fourth-order valence-corrected chi connectivity index (χ4v) is 1.94. The summed E-state index contributed by atoms with van der Waals surface area (Å²) < 4.78 is 5.00. The van der Waals surface area contributed by atoms with E-state index in [0.29, 0.717) is 32.0 Å². The zero-order valence-corrected chi connectivity index (χ0v) is 10.1. The normalized spacial score (nSPS) is 19.7. The lowest BCUT2D eigenvalue weighted by molar-refractivity contribution is -0.132. The first-order valence-corrected chi connectivity index (χ1v) is 5.86. The number of amides is 1. The number of rotatable bonds is 7. The van der Waals surface area contributed by atoms with Crippen LogP contribution in [0, 0.1) is 5.92 Å². The summed E-state index contributed by atoms with van der Waals surface area (Å²) in [5.41, 5.74) is 0. The highest BCUT2D eigenvalue weighted by Gasteiger charge is 2.21. The molecule has 0 radical (unpaired) electrons. The minimum Gasteiger partial charge on any atom is -0.383 e. The van der Waals surface area contributed by atoms with E-state index in [1.165, 1.54) is 0 Å². The summed E-state index contributed by atoms with van der Waals surface area (Å²) in [6, 6.07) is 0. The third-order valence-corrected chi connectivity index (χ3v) is 2.89. The fourth-order valence-electron chi connectivity index (χ4n) is 1.94. The molecule has 1 unspecified atom stereocenters. The summed E-state index contributed by atoms with van der Waals surface area (Å²) in [6.45, 7) is 7.54. The molecule has 0 spiro atoms. The molecule has 1 rings (SSSR count). The number of nitrogens with zero attached hydrogens (tertiary/aromatic N) is 1. The van der Waals surface area contributed by atoms with Crippen LogP contribution in [0.4, 0.5) is 0 Å².